The van der Waals surface area contributed by atoms with Gasteiger partial charge in [-0.3, -0.25) is 9.58 Å². The number of aliphatic hydroxyl groups is 1. The minimum Gasteiger partial charge on any atom is -0.387 e. The highest BCUT2D eigenvalue weighted by molar-refractivity contribution is 5.14. The van der Waals surface area contributed by atoms with E-state index < -0.39 is 6.10 Å². The van der Waals surface area contributed by atoms with Crippen LogP contribution in [0.1, 0.15) is 37.8 Å². The summed E-state index contributed by atoms with van der Waals surface area (Å²) in [5.74, 6) is 6.25. The van der Waals surface area contributed by atoms with Gasteiger partial charge in [-0.1, -0.05) is 12.8 Å². The smallest absolute Gasteiger partial charge is 0.0950 e. The van der Waals surface area contributed by atoms with E-state index in [0.29, 0.717) is 0 Å². The normalized spacial score (nSPS) is 17.1. The summed E-state index contributed by atoms with van der Waals surface area (Å²) in [5, 5.41) is 13.9. The van der Waals surface area contributed by atoms with Crippen LogP contribution in [0.25, 0.3) is 0 Å². The van der Waals surface area contributed by atoms with Crippen LogP contribution in [0.2, 0.25) is 0 Å². The Morgan fingerprint density at radius 2 is 2.29 bits per heavy atom. The first-order valence-electron chi connectivity index (χ1n) is 6.13. The Balaban J connectivity index is 2.03. The molecule has 1 aliphatic heterocycles. The molecule has 0 saturated heterocycles. The predicted molar refractivity (Wildman–Crippen MR) is 66.2 cm³/mol. The van der Waals surface area contributed by atoms with E-state index in [-0.39, 0.29) is 0 Å². The molecule has 1 aromatic rings. The van der Waals surface area contributed by atoms with Crippen LogP contribution >= 0.6 is 0 Å². The lowest BCUT2D eigenvalue weighted by Crippen LogP contribution is -2.34. The number of rotatable bonds is 2. The van der Waals surface area contributed by atoms with Gasteiger partial charge in [-0.2, -0.15) is 5.10 Å². The van der Waals surface area contributed by atoms with Crippen molar-refractivity contribution in [2.75, 3.05) is 13.1 Å². The SMILES string of the molecule is CCC#CCN1CCn2nc([C@@H](C)O)cc2C1. The van der Waals surface area contributed by atoms with Crippen molar-refractivity contribution in [2.45, 2.75) is 39.5 Å². The van der Waals surface area contributed by atoms with Gasteiger partial charge >= 0.3 is 0 Å². The van der Waals surface area contributed by atoms with Crippen molar-refractivity contribution in [1.82, 2.24) is 14.7 Å². The molecule has 1 aromatic heterocycles. The molecule has 2 rings (SSSR count). The summed E-state index contributed by atoms with van der Waals surface area (Å²) in [6, 6.07) is 1.99. The lowest BCUT2D eigenvalue weighted by atomic mass is 10.2. The average Bonchev–Trinajstić information content (AvgIpc) is 2.72. The third-order valence-corrected chi connectivity index (χ3v) is 2.93. The Bertz CT molecular complexity index is 439. The first-order valence-corrected chi connectivity index (χ1v) is 6.13. The number of aromatic nitrogens is 2. The van der Waals surface area contributed by atoms with Gasteiger partial charge in [0.15, 0.2) is 0 Å². The van der Waals surface area contributed by atoms with Crippen LogP contribution in [-0.4, -0.2) is 32.9 Å². The Morgan fingerprint density at radius 1 is 1.47 bits per heavy atom. The molecular weight excluding hydrogens is 214 g/mol. The molecule has 17 heavy (non-hydrogen) atoms. The predicted octanol–water partition coefficient (Wildman–Crippen LogP) is 1.17. The van der Waals surface area contributed by atoms with Crippen LogP contribution < -0.4 is 0 Å². The molecule has 0 aliphatic carbocycles. The molecule has 0 unspecified atom stereocenters. The fraction of sp³-hybridized carbons (Fsp3) is 0.615. The van der Waals surface area contributed by atoms with Crippen molar-refractivity contribution >= 4 is 0 Å². The quantitative estimate of drug-likeness (QED) is 0.780. The van der Waals surface area contributed by atoms with E-state index in [4.69, 9.17) is 0 Å². The summed E-state index contributed by atoms with van der Waals surface area (Å²) in [4.78, 5) is 2.31. The molecule has 4 heteroatoms. The molecule has 92 valence electrons. The lowest BCUT2D eigenvalue weighted by molar-refractivity contribution is 0.192. The Morgan fingerprint density at radius 3 is 3.00 bits per heavy atom. The second-order valence-electron chi connectivity index (χ2n) is 4.38. The lowest BCUT2D eigenvalue weighted by Gasteiger charge is -2.25. The van der Waals surface area contributed by atoms with Crippen LogP contribution in [0.5, 0.6) is 0 Å². The van der Waals surface area contributed by atoms with E-state index >= 15 is 0 Å². The summed E-state index contributed by atoms with van der Waals surface area (Å²) in [6.45, 7) is 7.37. The van der Waals surface area contributed by atoms with E-state index in [1.807, 2.05) is 10.7 Å². The Kier molecular flexibility index (Phi) is 3.82. The summed E-state index contributed by atoms with van der Waals surface area (Å²) < 4.78 is 1.99. The maximum absolute atomic E-state index is 9.50. The van der Waals surface area contributed by atoms with E-state index in [0.717, 1.165) is 38.3 Å². The minimum atomic E-state index is -0.485. The molecule has 1 atom stereocenters. The highest BCUT2D eigenvalue weighted by atomic mass is 16.3. The minimum absolute atomic E-state index is 0.485. The molecule has 0 bridgehead atoms. The first kappa shape index (κ1) is 12.2. The molecule has 0 fully saturated rings. The maximum atomic E-state index is 9.50. The van der Waals surface area contributed by atoms with Crippen LogP contribution in [0.15, 0.2) is 6.07 Å². The first-order chi connectivity index (χ1) is 8.20. The topological polar surface area (TPSA) is 41.3 Å². The molecular formula is C13H19N3O. The zero-order valence-electron chi connectivity index (χ0n) is 10.5. The third-order valence-electron chi connectivity index (χ3n) is 2.93. The second kappa shape index (κ2) is 5.35. The molecule has 2 heterocycles. The number of hydrogen-bond donors (Lipinski definition) is 1. The largest absolute Gasteiger partial charge is 0.387 e. The van der Waals surface area contributed by atoms with Crippen molar-refractivity contribution in [2.24, 2.45) is 0 Å². The highest BCUT2D eigenvalue weighted by Gasteiger charge is 2.18. The molecule has 4 nitrogen and oxygen atoms in total. The van der Waals surface area contributed by atoms with Crippen molar-refractivity contribution < 1.29 is 5.11 Å². The summed E-state index contributed by atoms with van der Waals surface area (Å²) in [6.07, 6.45) is 0.430. The van der Waals surface area contributed by atoms with Crippen LogP contribution in [0.3, 0.4) is 0 Å². The van der Waals surface area contributed by atoms with Gasteiger partial charge in [0.25, 0.3) is 0 Å². The fourth-order valence-electron chi connectivity index (χ4n) is 1.97. The number of hydrogen-bond acceptors (Lipinski definition) is 3. The summed E-state index contributed by atoms with van der Waals surface area (Å²) in [7, 11) is 0. The van der Waals surface area contributed by atoms with Crippen molar-refractivity contribution in [3.8, 4) is 11.8 Å². The van der Waals surface area contributed by atoms with Crippen molar-refractivity contribution in [3.63, 3.8) is 0 Å². The van der Waals surface area contributed by atoms with Gasteiger partial charge in [-0.05, 0) is 13.0 Å². The van der Waals surface area contributed by atoms with Crippen LogP contribution in [0.4, 0.5) is 0 Å². The number of fused-ring (bicyclic) bond motifs is 1. The van der Waals surface area contributed by atoms with Gasteiger partial charge in [0, 0.05) is 19.5 Å². The van der Waals surface area contributed by atoms with Gasteiger partial charge in [0.05, 0.1) is 30.6 Å². The summed E-state index contributed by atoms with van der Waals surface area (Å²) >= 11 is 0. The number of aliphatic hydroxyl groups excluding tert-OH is 1. The van der Waals surface area contributed by atoms with Crippen molar-refractivity contribution in [1.29, 1.82) is 0 Å². The second-order valence-corrected chi connectivity index (χ2v) is 4.38. The van der Waals surface area contributed by atoms with Crippen molar-refractivity contribution in [3.05, 3.63) is 17.5 Å². The van der Waals surface area contributed by atoms with Gasteiger partial charge in [0.1, 0.15) is 0 Å². The molecule has 0 spiro atoms. The Hall–Kier alpha value is -1.31. The van der Waals surface area contributed by atoms with E-state index in [1.54, 1.807) is 6.92 Å². The summed E-state index contributed by atoms with van der Waals surface area (Å²) in [5.41, 5.74) is 1.94. The Labute approximate surface area is 102 Å². The highest BCUT2D eigenvalue weighted by Crippen LogP contribution is 2.17. The average molecular weight is 233 g/mol. The monoisotopic (exact) mass is 233 g/mol. The zero-order chi connectivity index (χ0) is 12.3. The van der Waals surface area contributed by atoms with Crippen LogP contribution in [0, 0.1) is 11.8 Å². The van der Waals surface area contributed by atoms with E-state index in [2.05, 4.69) is 28.8 Å². The van der Waals surface area contributed by atoms with Gasteiger partial charge in [-0.15, -0.1) is 5.92 Å². The number of nitrogens with zero attached hydrogens (tertiary/aromatic N) is 3. The van der Waals surface area contributed by atoms with E-state index in [1.165, 1.54) is 5.69 Å². The fourth-order valence-corrected chi connectivity index (χ4v) is 1.97. The van der Waals surface area contributed by atoms with E-state index in [9.17, 15) is 5.11 Å². The maximum Gasteiger partial charge on any atom is 0.0950 e. The van der Waals surface area contributed by atoms with Gasteiger partial charge in [-0.25, -0.2) is 0 Å². The van der Waals surface area contributed by atoms with Gasteiger partial charge in [0.2, 0.25) is 0 Å². The van der Waals surface area contributed by atoms with Gasteiger partial charge < -0.3 is 5.11 Å². The molecule has 0 saturated carbocycles. The molecule has 1 aliphatic rings. The molecule has 0 radical (unpaired) electrons. The molecule has 1 N–H and O–H groups in total. The van der Waals surface area contributed by atoms with Crippen LogP contribution in [-0.2, 0) is 13.1 Å². The molecule has 0 aromatic carbocycles. The molecule has 0 amide bonds. The zero-order valence-corrected chi connectivity index (χ0v) is 10.5. The third kappa shape index (κ3) is 2.87. The standard InChI is InChI=1S/C13H19N3O/c1-3-4-5-6-15-7-8-16-12(10-15)9-13(14-16)11(2)17/h9,11,17H,3,6-8,10H2,1-2H3/t11-/m1/s1.